The molecule has 1 N–H and O–H groups in total. The van der Waals surface area contributed by atoms with Crippen LogP contribution in [-0.4, -0.2) is 9.84 Å². The van der Waals surface area contributed by atoms with Crippen molar-refractivity contribution in [2.45, 2.75) is 10.5 Å². The largest absolute Gasteiger partial charge is 0.372 e. The van der Waals surface area contributed by atoms with Gasteiger partial charge in [-0.15, -0.1) is 0 Å². The van der Waals surface area contributed by atoms with Crippen LogP contribution in [0.3, 0.4) is 0 Å². The van der Waals surface area contributed by atoms with Gasteiger partial charge < -0.3 is 5.32 Å². The summed E-state index contributed by atoms with van der Waals surface area (Å²) in [6.45, 7) is 0.123. The summed E-state index contributed by atoms with van der Waals surface area (Å²) in [5.74, 6) is -1.26. The Morgan fingerprint density at radius 1 is 1.36 bits per heavy atom. The average Bonchev–Trinajstić information content (AvgIpc) is 2.14. The minimum Gasteiger partial charge on any atom is -0.346 e. The third-order valence-electron chi connectivity index (χ3n) is 1.55. The number of alkyl halides is 3. The fraction of sp³-hybridized carbons (Fsp3) is 0.222. The molecule has 0 aliphatic rings. The van der Waals surface area contributed by atoms with E-state index in [0.717, 1.165) is 28.2 Å². The Morgan fingerprint density at radius 3 is 2.43 bits per heavy atom. The molecule has 0 spiro atoms. The number of hydrogen-bond donors (Lipinski definition) is 1. The second kappa shape index (κ2) is 4.68. The van der Waals surface area contributed by atoms with E-state index in [4.69, 9.17) is 0 Å². The van der Waals surface area contributed by atoms with Gasteiger partial charge in [-0.3, -0.25) is 4.79 Å². The maximum absolute atomic E-state index is 12.4. The van der Waals surface area contributed by atoms with Crippen LogP contribution in [0, 0.1) is 0 Å². The predicted octanol–water partition coefficient (Wildman–Crippen LogP) is 2.33. The monoisotopic (exact) mass is 311 g/mol. The Kier molecular flexibility index (Phi) is 3.79. The van der Waals surface area contributed by atoms with Gasteiger partial charge in [-0.25, -0.2) is 0 Å². The highest BCUT2D eigenvalue weighted by molar-refractivity contribution is 14.1. The van der Waals surface area contributed by atoms with Crippen molar-refractivity contribution in [3.05, 3.63) is 35.9 Å². The van der Waals surface area contributed by atoms with Crippen molar-refractivity contribution in [2.24, 2.45) is 0 Å². The normalized spacial score (nSPS) is 11.1. The predicted molar refractivity (Wildman–Crippen MR) is 57.3 cm³/mol. The van der Waals surface area contributed by atoms with Crippen LogP contribution in [0.1, 0.15) is 5.56 Å². The molecule has 0 saturated heterocycles. The number of halogens is 3. The van der Waals surface area contributed by atoms with Crippen LogP contribution in [0.4, 0.5) is 8.78 Å². The van der Waals surface area contributed by atoms with Crippen molar-refractivity contribution >= 4 is 28.5 Å². The van der Waals surface area contributed by atoms with Crippen LogP contribution in [0.15, 0.2) is 30.3 Å². The van der Waals surface area contributed by atoms with Crippen LogP contribution < -0.4 is 5.32 Å². The zero-order valence-electron chi connectivity index (χ0n) is 7.14. The molecule has 0 radical (unpaired) electrons. The van der Waals surface area contributed by atoms with Gasteiger partial charge >= 0.3 is 9.84 Å². The average molecular weight is 311 g/mol. The Bertz CT molecular complexity index is 310. The smallest absolute Gasteiger partial charge is 0.346 e. The number of carbonyl (C=O) groups is 1. The third-order valence-corrected chi connectivity index (χ3v) is 2.04. The summed E-state index contributed by atoms with van der Waals surface area (Å²) in [5, 5.41) is 2.14. The quantitative estimate of drug-likeness (QED) is 0.674. The molecule has 1 rings (SSSR count). The van der Waals surface area contributed by atoms with Gasteiger partial charge in [0.15, 0.2) is 0 Å². The van der Waals surface area contributed by atoms with Crippen LogP contribution in [0.2, 0.25) is 0 Å². The molecule has 0 fully saturated rings. The molecule has 0 unspecified atom stereocenters. The summed E-state index contributed by atoms with van der Waals surface area (Å²) < 4.78 is 21.4. The molecule has 1 aromatic rings. The first kappa shape index (κ1) is 11.4. The van der Waals surface area contributed by atoms with Gasteiger partial charge in [0.1, 0.15) is 0 Å². The highest BCUT2D eigenvalue weighted by Crippen LogP contribution is 2.22. The molecule has 0 aliphatic heterocycles. The lowest BCUT2D eigenvalue weighted by atomic mass is 10.2. The Balaban J connectivity index is 2.46. The van der Waals surface area contributed by atoms with Crippen molar-refractivity contribution in [2.75, 3.05) is 0 Å². The maximum atomic E-state index is 12.4. The van der Waals surface area contributed by atoms with E-state index >= 15 is 0 Å². The van der Waals surface area contributed by atoms with Crippen molar-refractivity contribution in [3.8, 4) is 0 Å². The van der Waals surface area contributed by atoms with Crippen LogP contribution in [0.25, 0.3) is 0 Å². The third kappa shape index (κ3) is 3.57. The summed E-state index contributed by atoms with van der Waals surface area (Å²) in [6, 6.07) is 8.89. The van der Waals surface area contributed by atoms with Gasteiger partial charge in [-0.1, -0.05) is 30.3 Å². The van der Waals surface area contributed by atoms with E-state index < -0.39 is 9.84 Å². The minimum atomic E-state index is -3.34. The molecule has 76 valence electrons. The molecule has 5 heteroatoms. The minimum absolute atomic E-state index is 0.123. The molecule has 0 atom stereocenters. The molecule has 1 aromatic carbocycles. The zero-order valence-corrected chi connectivity index (χ0v) is 9.29. The number of carbonyl (C=O) groups excluding carboxylic acids is 1. The second-order valence-electron chi connectivity index (χ2n) is 2.67. The number of amides is 1. The first-order valence-electron chi connectivity index (χ1n) is 3.89. The molecule has 14 heavy (non-hydrogen) atoms. The lowest BCUT2D eigenvalue weighted by molar-refractivity contribution is -0.133. The molecular weight excluding hydrogens is 303 g/mol. The lowest BCUT2D eigenvalue weighted by Crippen LogP contribution is -2.34. The fourth-order valence-corrected chi connectivity index (χ4v) is 1.07. The Hall–Kier alpha value is -0.720. The van der Waals surface area contributed by atoms with Crippen molar-refractivity contribution < 1.29 is 13.6 Å². The summed E-state index contributed by atoms with van der Waals surface area (Å²) in [6.07, 6.45) is 0. The molecular formula is C9H8F2INO. The Labute approximate surface area is 93.8 Å². The van der Waals surface area contributed by atoms with Gasteiger partial charge in [0, 0.05) is 29.1 Å². The highest BCUT2D eigenvalue weighted by atomic mass is 127. The zero-order chi connectivity index (χ0) is 10.6. The van der Waals surface area contributed by atoms with E-state index in [9.17, 15) is 13.6 Å². The topological polar surface area (TPSA) is 29.1 Å². The van der Waals surface area contributed by atoms with E-state index in [0.29, 0.717) is 0 Å². The molecule has 1 amide bonds. The van der Waals surface area contributed by atoms with Crippen molar-refractivity contribution in [1.82, 2.24) is 5.32 Å². The molecule has 0 heterocycles. The van der Waals surface area contributed by atoms with E-state index in [1.165, 1.54) is 0 Å². The van der Waals surface area contributed by atoms with Gasteiger partial charge in [0.2, 0.25) is 0 Å². The van der Waals surface area contributed by atoms with Crippen molar-refractivity contribution in [1.29, 1.82) is 0 Å². The van der Waals surface area contributed by atoms with E-state index in [2.05, 4.69) is 5.32 Å². The van der Waals surface area contributed by atoms with Crippen LogP contribution >= 0.6 is 22.6 Å². The van der Waals surface area contributed by atoms with E-state index in [1.54, 1.807) is 24.3 Å². The second-order valence-corrected chi connectivity index (χ2v) is 4.02. The van der Waals surface area contributed by atoms with E-state index in [1.807, 2.05) is 6.07 Å². The van der Waals surface area contributed by atoms with Crippen molar-refractivity contribution in [3.63, 3.8) is 0 Å². The number of rotatable bonds is 3. The van der Waals surface area contributed by atoms with Gasteiger partial charge in [0.05, 0.1) is 0 Å². The fourth-order valence-electron chi connectivity index (χ4n) is 0.878. The van der Waals surface area contributed by atoms with Gasteiger partial charge in [-0.2, -0.15) is 8.78 Å². The maximum Gasteiger partial charge on any atom is 0.372 e. The molecule has 0 bridgehead atoms. The van der Waals surface area contributed by atoms with Crippen LogP contribution in [0.5, 0.6) is 0 Å². The number of benzene rings is 1. The summed E-state index contributed by atoms with van der Waals surface area (Å²) in [5.41, 5.74) is 0.793. The highest BCUT2D eigenvalue weighted by Gasteiger charge is 2.34. The van der Waals surface area contributed by atoms with Gasteiger partial charge in [-0.05, 0) is 5.56 Å². The molecule has 2 nitrogen and oxygen atoms in total. The standard InChI is InChI=1S/C9H8F2INO/c10-9(11,12)8(14)13-6-7-4-2-1-3-5-7/h1-5H,6H2,(H,13,14). The number of hydrogen-bond acceptors (Lipinski definition) is 1. The van der Waals surface area contributed by atoms with Gasteiger partial charge in [0.25, 0.3) is 0 Å². The van der Waals surface area contributed by atoms with Crippen LogP contribution in [-0.2, 0) is 11.3 Å². The SMILES string of the molecule is O=C(NCc1ccccc1)C(F)(F)I. The summed E-state index contributed by atoms with van der Waals surface area (Å²) in [4.78, 5) is 10.8. The molecule has 0 aromatic heterocycles. The first-order chi connectivity index (χ1) is 6.50. The number of nitrogens with one attached hydrogen (secondary N) is 1. The molecule has 0 saturated carbocycles. The summed E-state index contributed by atoms with van der Waals surface area (Å²) in [7, 11) is 0. The summed E-state index contributed by atoms with van der Waals surface area (Å²) >= 11 is 0.800. The first-order valence-corrected chi connectivity index (χ1v) is 4.97. The van der Waals surface area contributed by atoms with E-state index in [-0.39, 0.29) is 6.54 Å². The molecule has 0 aliphatic carbocycles. The Morgan fingerprint density at radius 2 is 1.93 bits per heavy atom. The lowest BCUT2D eigenvalue weighted by Gasteiger charge is -2.08.